The summed E-state index contributed by atoms with van der Waals surface area (Å²) in [6, 6.07) is 20.1. The van der Waals surface area contributed by atoms with Gasteiger partial charge < -0.3 is 14.5 Å². The molecule has 0 radical (unpaired) electrons. The molecule has 2 amide bonds. The predicted octanol–water partition coefficient (Wildman–Crippen LogP) is 5.20. The maximum Gasteiger partial charge on any atom is 0.242 e. The number of carbonyl (C=O) groups excluding carboxylic acids is 2. The van der Waals surface area contributed by atoms with Crippen LogP contribution in [0.15, 0.2) is 66.0 Å². The second-order valence-electron chi connectivity index (χ2n) is 9.02. The van der Waals surface area contributed by atoms with Crippen molar-refractivity contribution in [3.63, 3.8) is 0 Å². The second-order valence-corrected chi connectivity index (χ2v) is 10.0. The van der Waals surface area contributed by atoms with Crippen LogP contribution in [0, 0.1) is 6.92 Å². The van der Waals surface area contributed by atoms with Gasteiger partial charge >= 0.3 is 0 Å². The number of hydrogen-bond acceptors (Lipinski definition) is 4. The summed E-state index contributed by atoms with van der Waals surface area (Å²) >= 11 is 1.76. The fourth-order valence-corrected chi connectivity index (χ4v) is 5.90. The molecule has 2 unspecified atom stereocenters. The Balaban J connectivity index is 1.61. The van der Waals surface area contributed by atoms with E-state index in [0.717, 1.165) is 23.1 Å². The number of carbonyl (C=O) groups is 2. The lowest BCUT2D eigenvalue weighted by atomic mass is 9.90. The van der Waals surface area contributed by atoms with Crippen molar-refractivity contribution < 1.29 is 14.3 Å². The predicted molar refractivity (Wildman–Crippen MR) is 141 cm³/mol. The fraction of sp³-hybridized carbons (Fsp3) is 0.379. The Kier molecular flexibility index (Phi) is 8.37. The van der Waals surface area contributed by atoms with E-state index in [1.54, 1.807) is 23.3 Å². The van der Waals surface area contributed by atoms with Gasteiger partial charge in [-0.1, -0.05) is 61.5 Å². The molecule has 0 spiro atoms. The first-order valence-corrected chi connectivity index (χ1v) is 13.2. The zero-order chi connectivity index (χ0) is 24.8. The van der Waals surface area contributed by atoms with Gasteiger partial charge in [-0.2, -0.15) is 0 Å². The van der Waals surface area contributed by atoms with Crippen LogP contribution >= 0.6 is 11.3 Å². The first-order valence-electron chi connectivity index (χ1n) is 12.3. The summed E-state index contributed by atoms with van der Waals surface area (Å²) in [5, 5.41) is 2.12. The largest absolute Gasteiger partial charge is 0.383 e. The zero-order valence-corrected chi connectivity index (χ0v) is 21.6. The van der Waals surface area contributed by atoms with Crippen LogP contribution in [0.3, 0.4) is 0 Å². The maximum atomic E-state index is 13.8. The first kappa shape index (κ1) is 25.1. The van der Waals surface area contributed by atoms with Gasteiger partial charge in [-0.25, -0.2) is 0 Å². The normalized spacial score (nSPS) is 16.0. The molecular weight excluding hydrogens is 456 g/mol. The van der Waals surface area contributed by atoms with E-state index < -0.39 is 0 Å². The molecule has 2 aromatic carbocycles. The summed E-state index contributed by atoms with van der Waals surface area (Å²) in [4.78, 5) is 32.5. The van der Waals surface area contributed by atoms with Crippen LogP contribution in [0.1, 0.15) is 52.4 Å². The summed E-state index contributed by atoms with van der Waals surface area (Å²) in [7, 11) is 1.62. The third kappa shape index (κ3) is 5.49. The minimum absolute atomic E-state index is 0.0234. The highest BCUT2D eigenvalue weighted by Gasteiger charge is 2.35. The van der Waals surface area contributed by atoms with Crippen LogP contribution in [-0.4, -0.2) is 55.0 Å². The van der Waals surface area contributed by atoms with Gasteiger partial charge in [-0.15, -0.1) is 11.3 Å². The van der Waals surface area contributed by atoms with Crippen LogP contribution in [0.4, 0.5) is 0 Å². The van der Waals surface area contributed by atoms with Crippen molar-refractivity contribution >= 4 is 23.2 Å². The average molecular weight is 491 g/mol. The monoisotopic (exact) mass is 490 g/mol. The number of rotatable bonds is 9. The Morgan fingerprint density at radius 3 is 2.54 bits per heavy atom. The second kappa shape index (κ2) is 11.6. The molecule has 1 aliphatic heterocycles. The number of benzene rings is 2. The molecule has 1 aliphatic rings. The number of nitrogens with zero attached hydrogens (tertiary/aromatic N) is 2. The van der Waals surface area contributed by atoms with Crippen LogP contribution in [0.2, 0.25) is 0 Å². The molecule has 0 N–H and O–H groups in total. The van der Waals surface area contributed by atoms with Crippen molar-refractivity contribution in [2.24, 2.45) is 0 Å². The molecule has 5 nitrogen and oxygen atoms in total. The van der Waals surface area contributed by atoms with Gasteiger partial charge in [0.2, 0.25) is 11.8 Å². The molecule has 184 valence electrons. The lowest BCUT2D eigenvalue weighted by Crippen LogP contribution is -2.48. The number of hydrogen-bond donors (Lipinski definition) is 0. The van der Waals surface area contributed by atoms with E-state index in [0.29, 0.717) is 26.1 Å². The van der Waals surface area contributed by atoms with Gasteiger partial charge in [0.1, 0.15) is 0 Å². The van der Waals surface area contributed by atoms with Gasteiger partial charge in [0.15, 0.2) is 0 Å². The Hall–Kier alpha value is -2.96. The highest BCUT2D eigenvalue weighted by atomic mass is 32.1. The smallest absolute Gasteiger partial charge is 0.242 e. The number of methoxy groups -OCH3 is 1. The molecule has 2 heterocycles. The molecule has 6 heteroatoms. The number of aryl methyl sites for hydroxylation is 1. The van der Waals surface area contributed by atoms with Gasteiger partial charge in [0.25, 0.3) is 0 Å². The lowest BCUT2D eigenvalue weighted by Gasteiger charge is -2.38. The van der Waals surface area contributed by atoms with Gasteiger partial charge in [-0.05, 0) is 53.5 Å². The van der Waals surface area contributed by atoms with E-state index in [2.05, 4.69) is 30.5 Å². The number of ether oxygens (including phenoxy) is 1. The fourth-order valence-electron chi connectivity index (χ4n) is 5.00. The average Bonchev–Trinajstić information content (AvgIpc) is 3.36. The Bertz CT molecular complexity index is 1140. The SMILES string of the molecule is CCC(C(=O)N(CCOC)CC(=O)N1CCc2sccc2C1c1ccccc1C)c1ccccc1. The molecule has 4 rings (SSSR count). The van der Waals surface area contributed by atoms with Crippen molar-refractivity contribution in [3.8, 4) is 0 Å². The van der Waals surface area contributed by atoms with E-state index in [9.17, 15) is 9.59 Å². The topological polar surface area (TPSA) is 49.9 Å². The summed E-state index contributed by atoms with van der Waals surface area (Å²) in [6.45, 7) is 5.58. The molecule has 0 fully saturated rings. The van der Waals surface area contributed by atoms with Crippen LogP contribution in [-0.2, 0) is 20.7 Å². The van der Waals surface area contributed by atoms with Crippen LogP contribution in [0.5, 0.6) is 0 Å². The molecule has 0 saturated carbocycles. The Morgan fingerprint density at radius 1 is 1.09 bits per heavy atom. The number of fused-ring (bicyclic) bond motifs is 1. The lowest BCUT2D eigenvalue weighted by molar-refractivity contribution is -0.143. The van der Waals surface area contributed by atoms with Crippen molar-refractivity contribution in [1.29, 1.82) is 0 Å². The van der Waals surface area contributed by atoms with Crippen LogP contribution < -0.4 is 0 Å². The van der Waals surface area contributed by atoms with E-state index in [1.807, 2.05) is 54.3 Å². The molecule has 3 aromatic rings. The molecule has 1 aromatic heterocycles. The Labute approximate surface area is 212 Å². The zero-order valence-electron chi connectivity index (χ0n) is 20.8. The molecule has 0 saturated heterocycles. The third-order valence-corrected chi connectivity index (χ3v) is 7.88. The number of thiophene rings is 1. The van der Waals surface area contributed by atoms with E-state index in [4.69, 9.17) is 4.74 Å². The minimum Gasteiger partial charge on any atom is -0.383 e. The molecule has 2 atom stereocenters. The third-order valence-electron chi connectivity index (χ3n) is 6.88. The van der Waals surface area contributed by atoms with E-state index in [1.165, 1.54) is 10.4 Å². The van der Waals surface area contributed by atoms with Crippen molar-refractivity contribution in [3.05, 3.63) is 93.2 Å². The summed E-state index contributed by atoms with van der Waals surface area (Å²) < 4.78 is 5.29. The highest BCUT2D eigenvalue weighted by Crippen LogP contribution is 2.39. The van der Waals surface area contributed by atoms with E-state index in [-0.39, 0.29) is 30.3 Å². The molecule has 0 aliphatic carbocycles. The van der Waals surface area contributed by atoms with Crippen molar-refractivity contribution in [1.82, 2.24) is 9.80 Å². The minimum atomic E-state index is -0.280. The standard InChI is InChI=1S/C29H34N2O3S/c1-4-23(22-11-6-5-7-12-22)29(33)30(17-18-34-3)20-27(32)31-16-14-26-25(15-19-35-26)28(31)24-13-9-8-10-21(24)2/h5-13,15,19,23,28H,4,14,16-18,20H2,1-3H3. The maximum absolute atomic E-state index is 13.8. The summed E-state index contributed by atoms with van der Waals surface area (Å²) in [6.07, 6.45) is 1.52. The van der Waals surface area contributed by atoms with Crippen molar-refractivity contribution in [2.45, 2.75) is 38.6 Å². The first-order chi connectivity index (χ1) is 17.0. The summed E-state index contributed by atoms with van der Waals surface area (Å²) in [5.74, 6) is -0.329. The summed E-state index contributed by atoms with van der Waals surface area (Å²) in [5.41, 5.74) is 4.49. The Morgan fingerprint density at radius 2 is 1.83 bits per heavy atom. The van der Waals surface area contributed by atoms with Crippen molar-refractivity contribution in [2.75, 3.05) is 33.4 Å². The quantitative estimate of drug-likeness (QED) is 0.414. The van der Waals surface area contributed by atoms with Gasteiger partial charge in [0, 0.05) is 25.1 Å². The van der Waals surface area contributed by atoms with Gasteiger partial charge in [-0.3, -0.25) is 9.59 Å². The number of amides is 2. The highest BCUT2D eigenvalue weighted by molar-refractivity contribution is 7.10. The molecule has 0 bridgehead atoms. The van der Waals surface area contributed by atoms with E-state index >= 15 is 0 Å². The molecular formula is C29H34N2O3S. The molecule has 35 heavy (non-hydrogen) atoms. The van der Waals surface area contributed by atoms with Gasteiger partial charge in [0.05, 0.1) is 25.1 Å². The van der Waals surface area contributed by atoms with Crippen LogP contribution in [0.25, 0.3) is 0 Å².